The summed E-state index contributed by atoms with van der Waals surface area (Å²) in [6, 6.07) is 17.6. The molecule has 7 nitrogen and oxygen atoms in total. The molecule has 2 atom stereocenters. The largest absolute Gasteiger partial charge is 0.376 e. The Morgan fingerprint density at radius 1 is 1.14 bits per heavy atom. The first kappa shape index (κ1) is 28.7. The molecule has 0 saturated heterocycles. The molecule has 4 aliphatic rings. The number of rotatable bonds is 11. The van der Waals surface area contributed by atoms with Crippen molar-refractivity contribution in [2.24, 2.45) is 11.3 Å². The molecule has 4 fully saturated rings. The number of thiophene rings is 1. The van der Waals surface area contributed by atoms with Crippen LogP contribution in [0.25, 0.3) is 0 Å². The summed E-state index contributed by atoms with van der Waals surface area (Å²) >= 11 is 7.69. The van der Waals surface area contributed by atoms with E-state index in [1.54, 1.807) is 6.20 Å². The van der Waals surface area contributed by atoms with Crippen molar-refractivity contribution in [3.8, 4) is 6.07 Å². The number of aryl methyl sites for hydroxylation is 1. The molecular formula is C33H36ClN5O2S. The molecule has 7 rings (SSSR count). The van der Waals surface area contributed by atoms with Crippen molar-refractivity contribution in [2.45, 2.75) is 82.3 Å². The number of nitrogens with zero attached hydrogens (tertiary/aromatic N) is 2. The fraction of sp³-hybridized carbons (Fsp3) is 0.455. The molecule has 1 aromatic carbocycles. The van der Waals surface area contributed by atoms with E-state index in [1.807, 2.05) is 43.3 Å². The van der Waals surface area contributed by atoms with E-state index in [4.69, 9.17) is 11.6 Å². The molecule has 42 heavy (non-hydrogen) atoms. The summed E-state index contributed by atoms with van der Waals surface area (Å²) in [5, 5.41) is 19.8. The molecule has 4 saturated carbocycles. The quantitative estimate of drug-likeness (QED) is 0.226. The van der Waals surface area contributed by atoms with Crippen LogP contribution in [0.15, 0.2) is 54.7 Å². The smallest absolute Gasteiger partial charge is 0.262 e. The number of carbonyl (C=O) groups excluding carboxylic acids is 2. The number of pyridine rings is 1. The average Bonchev–Trinajstić information content (AvgIpc) is 3.64. The fourth-order valence-corrected chi connectivity index (χ4v) is 8.12. The van der Waals surface area contributed by atoms with E-state index < -0.39 is 6.04 Å². The summed E-state index contributed by atoms with van der Waals surface area (Å²) in [6.45, 7) is 1.94. The predicted molar refractivity (Wildman–Crippen MR) is 165 cm³/mol. The van der Waals surface area contributed by atoms with Gasteiger partial charge in [-0.15, -0.1) is 11.3 Å². The van der Waals surface area contributed by atoms with Gasteiger partial charge in [0.25, 0.3) is 5.91 Å². The van der Waals surface area contributed by atoms with Crippen molar-refractivity contribution < 1.29 is 9.59 Å². The highest BCUT2D eigenvalue weighted by atomic mass is 35.5. The lowest BCUT2D eigenvalue weighted by molar-refractivity contribution is -0.146. The summed E-state index contributed by atoms with van der Waals surface area (Å²) in [4.78, 5) is 33.0. The molecule has 218 valence electrons. The van der Waals surface area contributed by atoms with Crippen molar-refractivity contribution in [2.75, 3.05) is 5.32 Å². The monoisotopic (exact) mass is 601 g/mol. The molecule has 3 N–H and O–H groups in total. The second-order valence-electron chi connectivity index (χ2n) is 12.5. The maximum atomic E-state index is 13.6. The summed E-state index contributed by atoms with van der Waals surface area (Å²) in [7, 11) is 0. The molecule has 0 spiro atoms. The second-order valence-corrected chi connectivity index (χ2v) is 14.0. The van der Waals surface area contributed by atoms with Crippen LogP contribution < -0.4 is 16.0 Å². The van der Waals surface area contributed by atoms with Crippen LogP contribution in [0, 0.1) is 29.6 Å². The molecule has 2 aromatic heterocycles. The van der Waals surface area contributed by atoms with E-state index in [-0.39, 0.29) is 28.8 Å². The molecule has 2 amide bonds. The number of amides is 2. The molecule has 2 bridgehead atoms. The van der Waals surface area contributed by atoms with Crippen LogP contribution >= 0.6 is 22.9 Å². The number of nitrogens with one attached hydrogen (secondary N) is 3. The van der Waals surface area contributed by atoms with Crippen molar-refractivity contribution >= 4 is 40.4 Å². The molecule has 4 aliphatic carbocycles. The number of halogens is 1. The van der Waals surface area contributed by atoms with Crippen molar-refractivity contribution in [3.63, 3.8) is 0 Å². The number of anilines is 1. The van der Waals surface area contributed by atoms with E-state index in [0.717, 1.165) is 48.4 Å². The number of aromatic nitrogens is 1. The maximum absolute atomic E-state index is 13.6. The topological polar surface area (TPSA) is 107 Å². The van der Waals surface area contributed by atoms with Gasteiger partial charge in [-0.3, -0.25) is 14.6 Å². The van der Waals surface area contributed by atoms with Crippen LogP contribution in [0.3, 0.4) is 0 Å². The van der Waals surface area contributed by atoms with Gasteiger partial charge in [-0.2, -0.15) is 5.26 Å². The van der Waals surface area contributed by atoms with Gasteiger partial charge in [-0.05, 0) is 68.7 Å². The van der Waals surface area contributed by atoms with Gasteiger partial charge in [0.2, 0.25) is 5.91 Å². The van der Waals surface area contributed by atoms with Crippen molar-refractivity contribution in [1.82, 2.24) is 15.6 Å². The minimum absolute atomic E-state index is 0.104. The molecule has 0 unspecified atom stereocenters. The van der Waals surface area contributed by atoms with E-state index in [1.165, 1.54) is 29.7 Å². The summed E-state index contributed by atoms with van der Waals surface area (Å²) < 4.78 is 0. The first-order valence-corrected chi connectivity index (χ1v) is 16.0. The second kappa shape index (κ2) is 11.7. The van der Waals surface area contributed by atoms with E-state index in [0.29, 0.717) is 28.7 Å². The van der Waals surface area contributed by atoms with Crippen LogP contribution in [0.1, 0.15) is 83.2 Å². The minimum atomic E-state index is -0.586. The molecule has 0 radical (unpaired) electrons. The number of carbonyl (C=O) groups is 2. The van der Waals surface area contributed by atoms with E-state index >= 15 is 0 Å². The number of hydrogen-bond acceptors (Lipinski definition) is 6. The van der Waals surface area contributed by atoms with Gasteiger partial charge in [0.15, 0.2) is 0 Å². The zero-order valence-corrected chi connectivity index (χ0v) is 25.4. The third-order valence-electron chi connectivity index (χ3n) is 9.18. The summed E-state index contributed by atoms with van der Waals surface area (Å²) in [5.41, 5.74) is 2.36. The third kappa shape index (κ3) is 6.04. The van der Waals surface area contributed by atoms with Gasteiger partial charge in [-0.25, -0.2) is 0 Å². The zero-order chi connectivity index (χ0) is 29.3. The Bertz CT molecular complexity index is 1490. The van der Waals surface area contributed by atoms with Gasteiger partial charge >= 0.3 is 0 Å². The van der Waals surface area contributed by atoms with Gasteiger partial charge in [0, 0.05) is 16.6 Å². The lowest BCUT2D eigenvalue weighted by Gasteiger charge is -2.67. The highest BCUT2D eigenvalue weighted by Crippen LogP contribution is 2.66. The number of nitriles is 1. The zero-order valence-electron chi connectivity index (χ0n) is 23.8. The highest BCUT2D eigenvalue weighted by molar-refractivity contribution is 7.14. The van der Waals surface area contributed by atoms with Crippen LogP contribution in [-0.2, 0) is 11.2 Å². The first-order valence-electron chi connectivity index (χ1n) is 14.8. The Labute approximate surface area is 256 Å². The maximum Gasteiger partial charge on any atom is 0.262 e. The van der Waals surface area contributed by atoms with Crippen molar-refractivity contribution in [1.29, 1.82) is 5.26 Å². The predicted octanol–water partition coefficient (Wildman–Crippen LogP) is 6.74. The van der Waals surface area contributed by atoms with Crippen molar-refractivity contribution in [3.05, 3.63) is 80.8 Å². The van der Waals surface area contributed by atoms with Crippen LogP contribution in [0.5, 0.6) is 0 Å². The third-order valence-corrected chi connectivity index (χ3v) is 10.6. The van der Waals surface area contributed by atoms with Crippen LogP contribution in [-0.4, -0.2) is 28.4 Å². The number of hydrogen-bond donors (Lipinski definition) is 3. The molecule has 9 heteroatoms. The standard InChI is InChI=1S/C33H36ClN5O2S/c1-21-25(15-24(34)16-36-21)37-26(13-22-7-3-2-4-8-22)28-11-12-29(42-28)31(41)38-27(14-23-9-5-6-10-23)30(40)39-33-17-32(18-33,19-33)20-35/h2-4,7-8,11-12,15-16,23,26-27,37H,5-6,9-10,13-14,17-19H2,1H3,(H,38,41)(H,39,40)/t26-,27-,32?,33?/m0/s1. The summed E-state index contributed by atoms with van der Waals surface area (Å²) in [5.74, 6) is 0.0906. The Morgan fingerprint density at radius 3 is 2.60 bits per heavy atom. The Balaban J connectivity index is 1.18. The molecule has 2 heterocycles. The number of benzene rings is 1. The van der Waals surface area contributed by atoms with E-state index in [9.17, 15) is 14.9 Å². The fourth-order valence-electron chi connectivity index (χ4n) is 7.00. The lowest BCUT2D eigenvalue weighted by Crippen LogP contribution is -2.75. The molecule has 0 aliphatic heterocycles. The van der Waals surface area contributed by atoms with Crippen LogP contribution in [0.4, 0.5) is 5.69 Å². The first-order chi connectivity index (χ1) is 20.3. The average molecular weight is 602 g/mol. The van der Waals surface area contributed by atoms with Crippen LogP contribution in [0.2, 0.25) is 5.02 Å². The lowest BCUT2D eigenvalue weighted by atomic mass is 9.40. The highest BCUT2D eigenvalue weighted by Gasteiger charge is 2.69. The molecule has 3 aromatic rings. The Kier molecular flexibility index (Phi) is 7.99. The minimum Gasteiger partial charge on any atom is -0.376 e. The van der Waals surface area contributed by atoms with Gasteiger partial charge < -0.3 is 16.0 Å². The molecular weight excluding hydrogens is 566 g/mol. The van der Waals surface area contributed by atoms with Gasteiger partial charge in [-0.1, -0.05) is 67.6 Å². The SMILES string of the molecule is Cc1ncc(Cl)cc1N[C@@H](Cc1ccccc1)c1ccc(C(=O)N[C@@H](CC2CCCC2)C(=O)NC23CC(C#N)(C2)C3)s1. The normalized spacial score (nSPS) is 24.0. The van der Waals surface area contributed by atoms with Gasteiger partial charge in [0.05, 0.1) is 38.8 Å². The Morgan fingerprint density at radius 2 is 1.88 bits per heavy atom. The summed E-state index contributed by atoms with van der Waals surface area (Å²) in [6.07, 6.45) is 9.69. The van der Waals surface area contributed by atoms with Gasteiger partial charge in [0.1, 0.15) is 6.04 Å². The Hall–Kier alpha value is -3.41. The van der Waals surface area contributed by atoms with E-state index in [2.05, 4.69) is 39.1 Å².